The molecule has 0 aromatic heterocycles. The summed E-state index contributed by atoms with van der Waals surface area (Å²) in [5.41, 5.74) is 5.92. The molecule has 4 N–H and O–H groups in total. The van der Waals surface area contributed by atoms with Gasteiger partial charge in [-0.15, -0.1) is 0 Å². The second-order valence-electron chi connectivity index (χ2n) is 5.14. The van der Waals surface area contributed by atoms with Crippen molar-refractivity contribution in [3.63, 3.8) is 0 Å². The fourth-order valence-corrected chi connectivity index (χ4v) is 1.27. The molecule has 0 bridgehead atoms. The van der Waals surface area contributed by atoms with Gasteiger partial charge in [-0.05, 0) is 17.5 Å². The van der Waals surface area contributed by atoms with E-state index in [4.69, 9.17) is 10.8 Å². The van der Waals surface area contributed by atoms with Crippen LogP contribution < -0.4 is 11.1 Å². The number of hydrogen-bond acceptors (Lipinski definition) is 3. The maximum atomic E-state index is 13.4. The molecule has 0 unspecified atom stereocenters. The Labute approximate surface area is 99.6 Å². The number of carboxylic acid groups (broad SMARTS) is 1. The molecule has 0 spiro atoms. The number of halogens is 1. The molecule has 0 radical (unpaired) electrons. The lowest BCUT2D eigenvalue weighted by Gasteiger charge is -2.20. The number of nitrogens with one attached hydrogen (secondary N) is 1. The SMILES string of the molecule is CC(C)(C)CNc1cc(F)c(C(=O)O)cc1N. The Balaban J connectivity index is 2.96. The molecule has 0 amide bonds. The van der Waals surface area contributed by atoms with Crippen molar-refractivity contribution in [2.45, 2.75) is 20.8 Å². The van der Waals surface area contributed by atoms with Crippen LogP contribution in [0.1, 0.15) is 31.1 Å². The van der Waals surface area contributed by atoms with Crippen LogP contribution in [0.4, 0.5) is 15.8 Å². The number of aromatic carboxylic acids is 1. The van der Waals surface area contributed by atoms with Crippen molar-refractivity contribution in [3.8, 4) is 0 Å². The van der Waals surface area contributed by atoms with Gasteiger partial charge in [0.05, 0.1) is 16.9 Å². The Kier molecular flexibility index (Phi) is 3.60. The maximum absolute atomic E-state index is 13.4. The minimum atomic E-state index is -1.32. The van der Waals surface area contributed by atoms with Crippen LogP contribution in [0.15, 0.2) is 12.1 Å². The van der Waals surface area contributed by atoms with Gasteiger partial charge in [-0.1, -0.05) is 20.8 Å². The number of nitrogen functional groups attached to an aromatic ring is 1. The largest absolute Gasteiger partial charge is 0.478 e. The summed E-state index contributed by atoms with van der Waals surface area (Å²) in [5.74, 6) is -2.11. The summed E-state index contributed by atoms with van der Waals surface area (Å²) in [5, 5.41) is 11.7. The highest BCUT2D eigenvalue weighted by Gasteiger charge is 2.15. The molecule has 0 saturated carbocycles. The Bertz CT molecular complexity index is 439. The smallest absolute Gasteiger partial charge is 0.338 e. The number of carboxylic acids is 1. The fourth-order valence-electron chi connectivity index (χ4n) is 1.27. The molecule has 0 aliphatic heterocycles. The predicted octanol–water partition coefficient (Wildman–Crippen LogP) is 2.56. The second-order valence-corrected chi connectivity index (χ2v) is 5.14. The molecule has 1 rings (SSSR count). The zero-order valence-corrected chi connectivity index (χ0v) is 10.2. The van der Waals surface area contributed by atoms with E-state index in [1.165, 1.54) is 0 Å². The summed E-state index contributed by atoms with van der Waals surface area (Å²) in [6, 6.07) is 2.24. The summed E-state index contributed by atoms with van der Waals surface area (Å²) >= 11 is 0. The van der Waals surface area contributed by atoms with Gasteiger partial charge in [-0.2, -0.15) is 0 Å². The highest BCUT2D eigenvalue weighted by molar-refractivity contribution is 5.90. The van der Waals surface area contributed by atoms with Gasteiger partial charge in [0, 0.05) is 6.54 Å². The third-order valence-electron chi connectivity index (χ3n) is 2.18. The molecular formula is C12H17FN2O2. The average Bonchev–Trinajstić information content (AvgIpc) is 2.17. The van der Waals surface area contributed by atoms with Gasteiger partial charge in [-0.25, -0.2) is 9.18 Å². The Morgan fingerprint density at radius 3 is 2.53 bits per heavy atom. The average molecular weight is 240 g/mol. The zero-order chi connectivity index (χ0) is 13.2. The van der Waals surface area contributed by atoms with Gasteiger partial charge >= 0.3 is 5.97 Å². The summed E-state index contributed by atoms with van der Waals surface area (Å²) < 4.78 is 13.4. The van der Waals surface area contributed by atoms with Gasteiger partial charge in [0.15, 0.2) is 0 Å². The molecule has 94 valence electrons. The van der Waals surface area contributed by atoms with Crippen LogP contribution in [0, 0.1) is 11.2 Å². The highest BCUT2D eigenvalue weighted by atomic mass is 19.1. The molecule has 0 heterocycles. The topological polar surface area (TPSA) is 75.3 Å². The Hall–Kier alpha value is -1.78. The fraction of sp³-hybridized carbons (Fsp3) is 0.417. The van der Waals surface area contributed by atoms with E-state index < -0.39 is 17.3 Å². The lowest BCUT2D eigenvalue weighted by Crippen LogP contribution is -2.20. The number of nitrogens with two attached hydrogens (primary N) is 1. The Morgan fingerprint density at radius 1 is 1.47 bits per heavy atom. The number of benzene rings is 1. The van der Waals surface area contributed by atoms with Crippen molar-refractivity contribution in [3.05, 3.63) is 23.5 Å². The lowest BCUT2D eigenvalue weighted by atomic mass is 9.97. The molecule has 1 aromatic rings. The van der Waals surface area contributed by atoms with E-state index in [0.29, 0.717) is 12.2 Å². The highest BCUT2D eigenvalue weighted by Crippen LogP contribution is 2.24. The first-order valence-electron chi connectivity index (χ1n) is 5.27. The number of carbonyl (C=O) groups is 1. The number of anilines is 2. The van der Waals surface area contributed by atoms with Gasteiger partial charge < -0.3 is 16.2 Å². The van der Waals surface area contributed by atoms with E-state index in [1.807, 2.05) is 20.8 Å². The van der Waals surface area contributed by atoms with Gasteiger partial charge in [0.1, 0.15) is 5.82 Å². The first-order valence-corrected chi connectivity index (χ1v) is 5.27. The third-order valence-corrected chi connectivity index (χ3v) is 2.18. The van der Waals surface area contributed by atoms with Crippen LogP contribution in [-0.4, -0.2) is 17.6 Å². The van der Waals surface area contributed by atoms with Crippen molar-refractivity contribution >= 4 is 17.3 Å². The summed E-state index contributed by atoms with van der Waals surface area (Å²) in [6.45, 7) is 6.69. The Morgan fingerprint density at radius 2 is 2.06 bits per heavy atom. The van der Waals surface area contributed by atoms with E-state index in [1.54, 1.807) is 0 Å². The minimum absolute atomic E-state index is 0.0222. The van der Waals surface area contributed by atoms with E-state index in [2.05, 4.69) is 5.32 Å². The normalized spacial score (nSPS) is 11.3. The first kappa shape index (κ1) is 13.3. The van der Waals surface area contributed by atoms with E-state index in [9.17, 15) is 9.18 Å². The first-order chi connectivity index (χ1) is 7.70. The summed E-state index contributed by atoms with van der Waals surface area (Å²) in [6.07, 6.45) is 0. The van der Waals surface area contributed by atoms with Crippen LogP contribution in [0.2, 0.25) is 0 Å². The standard InChI is InChI=1S/C12H17FN2O2/c1-12(2,3)6-15-10-5-8(13)7(11(16)17)4-9(10)14/h4-5,15H,6,14H2,1-3H3,(H,16,17). The van der Waals surface area contributed by atoms with Crippen LogP contribution in [-0.2, 0) is 0 Å². The van der Waals surface area contributed by atoms with Gasteiger partial charge in [0.2, 0.25) is 0 Å². The van der Waals surface area contributed by atoms with Crippen molar-refractivity contribution in [1.29, 1.82) is 0 Å². The molecule has 5 heteroatoms. The molecule has 4 nitrogen and oxygen atoms in total. The van der Waals surface area contributed by atoms with Gasteiger partial charge in [0.25, 0.3) is 0 Å². The molecule has 1 aromatic carbocycles. The third kappa shape index (κ3) is 3.62. The maximum Gasteiger partial charge on any atom is 0.338 e. The lowest BCUT2D eigenvalue weighted by molar-refractivity contribution is 0.0692. The van der Waals surface area contributed by atoms with E-state index in [-0.39, 0.29) is 11.1 Å². The van der Waals surface area contributed by atoms with Crippen molar-refractivity contribution in [2.75, 3.05) is 17.6 Å². The molecule has 0 atom stereocenters. The van der Waals surface area contributed by atoms with Crippen LogP contribution in [0.3, 0.4) is 0 Å². The van der Waals surface area contributed by atoms with Gasteiger partial charge in [-0.3, -0.25) is 0 Å². The molecule has 17 heavy (non-hydrogen) atoms. The van der Waals surface area contributed by atoms with Crippen LogP contribution in [0.25, 0.3) is 0 Å². The predicted molar refractivity (Wildman–Crippen MR) is 65.7 cm³/mol. The summed E-state index contributed by atoms with van der Waals surface area (Å²) in [7, 11) is 0. The molecular weight excluding hydrogens is 223 g/mol. The monoisotopic (exact) mass is 240 g/mol. The van der Waals surface area contributed by atoms with Crippen LogP contribution in [0.5, 0.6) is 0 Å². The quantitative estimate of drug-likeness (QED) is 0.710. The van der Waals surface area contributed by atoms with Crippen molar-refractivity contribution in [2.24, 2.45) is 5.41 Å². The molecule has 0 saturated heterocycles. The van der Waals surface area contributed by atoms with Crippen molar-refractivity contribution in [1.82, 2.24) is 0 Å². The molecule has 0 fully saturated rings. The van der Waals surface area contributed by atoms with E-state index in [0.717, 1.165) is 12.1 Å². The molecule has 0 aliphatic rings. The molecule has 0 aliphatic carbocycles. The number of rotatable bonds is 3. The summed E-state index contributed by atoms with van der Waals surface area (Å²) in [4.78, 5) is 10.7. The van der Waals surface area contributed by atoms with Crippen LogP contribution >= 0.6 is 0 Å². The second kappa shape index (κ2) is 4.61. The zero-order valence-electron chi connectivity index (χ0n) is 10.2. The van der Waals surface area contributed by atoms with E-state index >= 15 is 0 Å². The van der Waals surface area contributed by atoms with Crippen molar-refractivity contribution < 1.29 is 14.3 Å². The minimum Gasteiger partial charge on any atom is -0.478 e. The number of hydrogen-bond donors (Lipinski definition) is 3.